The minimum atomic E-state index is -0.203. The zero-order valence-electron chi connectivity index (χ0n) is 13.7. The van der Waals surface area contributed by atoms with Gasteiger partial charge in [-0.15, -0.1) is 23.5 Å². The van der Waals surface area contributed by atoms with Crippen molar-refractivity contribution in [2.45, 2.75) is 51.0 Å². The summed E-state index contributed by atoms with van der Waals surface area (Å²) in [5.74, 6) is 0. The molecule has 0 amide bonds. The van der Waals surface area contributed by atoms with Crippen LogP contribution in [-0.4, -0.2) is 9.49 Å². The summed E-state index contributed by atoms with van der Waals surface area (Å²) < 4.78 is -0.406. The Morgan fingerprint density at radius 2 is 1.05 bits per heavy atom. The van der Waals surface area contributed by atoms with E-state index in [0.717, 1.165) is 11.1 Å². The van der Waals surface area contributed by atoms with E-state index in [1.54, 1.807) is 0 Å². The van der Waals surface area contributed by atoms with Gasteiger partial charge in [0.1, 0.15) is 12.1 Å². The Morgan fingerprint density at radius 3 is 1.32 bits per heavy atom. The molecule has 1 aliphatic carbocycles. The van der Waals surface area contributed by atoms with Crippen molar-refractivity contribution in [3.63, 3.8) is 0 Å². The standard InChI is InChI=1S/C18H18N2S2/c1-9-11(3)21-17(5)15(9)13(7-19)14(8-20)16-10(2)12(4)22-18(16,17)6/h1-6H3/t17-,18-/m0/s1. The molecule has 0 N–H and O–H groups in total. The fourth-order valence-corrected chi connectivity index (χ4v) is 7.23. The molecule has 0 saturated carbocycles. The maximum Gasteiger partial charge on any atom is 0.101 e. The highest BCUT2D eigenvalue weighted by Gasteiger charge is 2.60. The molecule has 0 aromatic carbocycles. The SMILES string of the molecule is CC1=C(C)C2=C(C#N)C(C#N)=C3C(C)=C(C)S[C@]3(C)[C@@]2(C)S1. The first kappa shape index (κ1) is 15.5. The van der Waals surface area contributed by atoms with Gasteiger partial charge >= 0.3 is 0 Å². The molecule has 2 aliphatic heterocycles. The number of hydrogen-bond donors (Lipinski definition) is 0. The van der Waals surface area contributed by atoms with Crippen LogP contribution < -0.4 is 0 Å². The normalized spacial score (nSPS) is 34.0. The zero-order chi connectivity index (χ0) is 16.4. The molecule has 0 radical (unpaired) electrons. The summed E-state index contributed by atoms with van der Waals surface area (Å²) in [6.07, 6.45) is 0. The molecule has 2 atom stereocenters. The first-order valence-corrected chi connectivity index (χ1v) is 8.90. The first-order valence-electron chi connectivity index (χ1n) is 7.26. The van der Waals surface area contributed by atoms with E-state index in [1.165, 1.54) is 21.0 Å². The minimum absolute atomic E-state index is 0.203. The highest BCUT2D eigenvalue weighted by atomic mass is 32.2. The molecule has 0 spiro atoms. The van der Waals surface area contributed by atoms with Crippen LogP contribution >= 0.6 is 23.5 Å². The molecule has 0 aromatic heterocycles. The Labute approximate surface area is 140 Å². The Morgan fingerprint density at radius 1 is 0.727 bits per heavy atom. The van der Waals surface area contributed by atoms with Gasteiger partial charge in [0.15, 0.2) is 0 Å². The topological polar surface area (TPSA) is 47.6 Å². The molecular formula is C18H18N2S2. The maximum atomic E-state index is 9.77. The van der Waals surface area contributed by atoms with Crippen LogP contribution in [0.1, 0.15) is 41.5 Å². The molecule has 3 rings (SSSR count). The van der Waals surface area contributed by atoms with Gasteiger partial charge in [0.05, 0.1) is 20.6 Å². The molecule has 22 heavy (non-hydrogen) atoms. The Balaban J connectivity index is 2.47. The molecule has 0 fully saturated rings. The van der Waals surface area contributed by atoms with Crippen molar-refractivity contribution in [3.8, 4) is 12.1 Å². The van der Waals surface area contributed by atoms with Crippen molar-refractivity contribution in [3.05, 3.63) is 43.2 Å². The first-order chi connectivity index (χ1) is 10.2. The molecule has 4 heteroatoms. The maximum absolute atomic E-state index is 9.77. The average Bonchev–Trinajstić information content (AvgIpc) is 2.83. The van der Waals surface area contributed by atoms with Crippen molar-refractivity contribution in [2.75, 3.05) is 0 Å². The van der Waals surface area contributed by atoms with Crippen LogP contribution in [0.2, 0.25) is 0 Å². The van der Waals surface area contributed by atoms with E-state index in [0.29, 0.717) is 11.1 Å². The monoisotopic (exact) mass is 326 g/mol. The van der Waals surface area contributed by atoms with Crippen LogP contribution in [0.3, 0.4) is 0 Å². The fraction of sp³-hybridized carbons (Fsp3) is 0.444. The number of hydrogen-bond acceptors (Lipinski definition) is 4. The van der Waals surface area contributed by atoms with Crippen molar-refractivity contribution in [1.29, 1.82) is 10.5 Å². The van der Waals surface area contributed by atoms with Gasteiger partial charge in [-0.2, -0.15) is 10.5 Å². The number of nitrogens with zero attached hydrogens (tertiary/aromatic N) is 2. The molecule has 0 aromatic rings. The number of thioether (sulfide) groups is 2. The molecular weight excluding hydrogens is 308 g/mol. The third-order valence-electron chi connectivity index (χ3n) is 5.36. The lowest BCUT2D eigenvalue weighted by Crippen LogP contribution is -2.48. The van der Waals surface area contributed by atoms with Gasteiger partial charge in [0, 0.05) is 0 Å². The third-order valence-corrected chi connectivity index (χ3v) is 8.75. The van der Waals surface area contributed by atoms with Crippen LogP contribution in [0.15, 0.2) is 43.2 Å². The Kier molecular flexibility index (Phi) is 3.23. The van der Waals surface area contributed by atoms with Crippen LogP contribution in [0.5, 0.6) is 0 Å². The van der Waals surface area contributed by atoms with Crippen LogP contribution in [0, 0.1) is 22.7 Å². The van der Waals surface area contributed by atoms with Crippen molar-refractivity contribution in [1.82, 2.24) is 0 Å². The summed E-state index contributed by atoms with van der Waals surface area (Å²) in [7, 11) is 0. The molecule has 0 saturated heterocycles. The molecule has 2 nitrogen and oxygen atoms in total. The van der Waals surface area contributed by atoms with Crippen LogP contribution in [-0.2, 0) is 0 Å². The Hall–Kier alpha value is -1.36. The second-order valence-electron chi connectivity index (χ2n) is 6.36. The highest BCUT2D eigenvalue weighted by molar-refractivity contribution is 8.09. The van der Waals surface area contributed by atoms with Gasteiger partial charge in [0.2, 0.25) is 0 Å². The molecule has 112 valence electrons. The van der Waals surface area contributed by atoms with Crippen LogP contribution in [0.25, 0.3) is 0 Å². The summed E-state index contributed by atoms with van der Waals surface area (Å²) in [4.78, 5) is 2.51. The summed E-state index contributed by atoms with van der Waals surface area (Å²) in [5, 5.41) is 19.5. The molecule has 0 bridgehead atoms. The summed E-state index contributed by atoms with van der Waals surface area (Å²) in [6.45, 7) is 12.9. The fourth-order valence-electron chi connectivity index (χ4n) is 3.93. The Bertz CT molecular complexity index is 756. The lowest BCUT2D eigenvalue weighted by molar-refractivity contribution is 0.603. The van der Waals surface area contributed by atoms with Crippen molar-refractivity contribution < 1.29 is 0 Å². The van der Waals surface area contributed by atoms with Crippen molar-refractivity contribution >= 4 is 23.5 Å². The lowest BCUT2D eigenvalue weighted by atomic mass is 9.68. The number of rotatable bonds is 0. The van der Waals surface area contributed by atoms with E-state index < -0.39 is 0 Å². The second-order valence-corrected chi connectivity index (χ2v) is 9.62. The van der Waals surface area contributed by atoms with Gasteiger partial charge in [-0.05, 0) is 73.6 Å². The average molecular weight is 326 g/mol. The summed E-state index contributed by atoms with van der Waals surface area (Å²) in [6, 6.07) is 4.68. The van der Waals surface area contributed by atoms with E-state index in [4.69, 9.17) is 0 Å². The van der Waals surface area contributed by atoms with Crippen molar-refractivity contribution in [2.24, 2.45) is 0 Å². The van der Waals surface area contributed by atoms with E-state index in [-0.39, 0.29) is 9.49 Å². The van der Waals surface area contributed by atoms with Crippen LogP contribution in [0.4, 0.5) is 0 Å². The predicted molar refractivity (Wildman–Crippen MR) is 94.0 cm³/mol. The third kappa shape index (κ3) is 1.53. The van der Waals surface area contributed by atoms with E-state index in [1.807, 2.05) is 23.5 Å². The van der Waals surface area contributed by atoms with E-state index in [2.05, 4.69) is 53.7 Å². The number of fused-ring (bicyclic) bond motifs is 3. The van der Waals surface area contributed by atoms with Gasteiger partial charge in [0.25, 0.3) is 0 Å². The van der Waals surface area contributed by atoms with Gasteiger partial charge in [-0.1, -0.05) is 0 Å². The van der Waals surface area contributed by atoms with Gasteiger partial charge < -0.3 is 0 Å². The quantitative estimate of drug-likeness (QED) is 0.611. The highest BCUT2D eigenvalue weighted by Crippen LogP contribution is 2.69. The number of nitriles is 2. The second kappa shape index (κ2) is 4.57. The lowest BCUT2D eigenvalue weighted by Gasteiger charge is -2.46. The molecule has 0 unspecified atom stereocenters. The van der Waals surface area contributed by atoms with E-state index in [9.17, 15) is 10.5 Å². The molecule has 3 aliphatic rings. The summed E-state index contributed by atoms with van der Waals surface area (Å²) >= 11 is 3.70. The minimum Gasteiger partial charge on any atom is -0.192 e. The summed E-state index contributed by atoms with van der Waals surface area (Å²) in [5.41, 5.74) is 5.62. The zero-order valence-corrected chi connectivity index (χ0v) is 15.3. The predicted octanol–water partition coefficient (Wildman–Crippen LogP) is 5.24. The van der Waals surface area contributed by atoms with Gasteiger partial charge in [-0.3, -0.25) is 0 Å². The van der Waals surface area contributed by atoms with Gasteiger partial charge in [-0.25, -0.2) is 0 Å². The number of allylic oxidation sites excluding steroid dienone is 6. The smallest absolute Gasteiger partial charge is 0.101 e. The largest absolute Gasteiger partial charge is 0.192 e. The molecule has 2 heterocycles. The van der Waals surface area contributed by atoms with E-state index >= 15 is 0 Å².